The van der Waals surface area contributed by atoms with Crippen LogP contribution in [0.1, 0.15) is 33.6 Å². The lowest BCUT2D eigenvalue weighted by molar-refractivity contribution is -0.137. The van der Waals surface area contributed by atoms with Crippen molar-refractivity contribution in [2.75, 3.05) is 0 Å². The molecule has 3 heteroatoms. The predicted octanol–water partition coefficient (Wildman–Crippen LogP) is 1.94. The molecule has 0 N–H and O–H groups in total. The van der Waals surface area contributed by atoms with Gasteiger partial charge in [0.25, 0.3) is 0 Å². The first-order valence-corrected chi connectivity index (χ1v) is 4.10. The fourth-order valence-electron chi connectivity index (χ4n) is 0.887. The molecular weight excluding hydrogens is 164 g/mol. The Morgan fingerprint density at radius 2 is 1.64 bits per heavy atom. The van der Waals surface area contributed by atoms with E-state index in [1.54, 1.807) is 13.8 Å². The molecule has 0 aliphatic rings. The highest BCUT2D eigenvalue weighted by Crippen LogP contribution is 2.25. The highest BCUT2D eigenvalue weighted by Gasteiger charge is 2.34. The maximum absolute atomic E-state index is 11.1. The van der Waals surface area contributed by atoms with Crippen LogP contribution in [0, 0.1) is 0 Å². The molecule has 0 unspecified atom stereocenters. The molecule has 0 spiro atoms. The third kappa shape index (κ3) is 2.29. The SMILES string of the molecule is CCC(Cl)(CC)C(=O)C(C)=O. The minimum absolute atomic E-state index is 0.455. The third-order valence-electron chi connectivity index (χ3n) is 1.85. The second-order valence-corrected chi connectivity index (χ2v) is 3.28. The van der Waals surface area contributed by atoms with Crippen molar-refractivity contribution in [3.8, 4) is 0 Å². The minimum atomic E-state index is -0.953. The Morgan fingerprint density at radius 1 is 1.27 bits per heavy atom. The minimum Gasteiger partial charge on any atom is -0.291 e. The molecule has 0 fully saturated rings. The van der Waals surface area contributed by atoms with Crippen molar-refractivity contribution in [3.05, 3.63) is 0 Å². The molecule has 0 amide bonds. The zero-order chi connectivity index (χ0) is 9.07. The lowest BCUT2D eigenvalue weighted by atomic mass is 9.95. The van der Waals surface area contributed by atoms with Crippen LogP contribution >= 0.6 is 11.6 Å². The Hall–Kier alpha value is -0.370. The van der Waals surface area contributed by atoms with Gasteiger partial charge in [-0.15, -0.1) is 11.6 Å². The quantitative estimate of drug-likeness (QED) is 0.485. The number of halogens is 1. The molecule has 0 heterocycles. The summed E-state index contributed by atoms with van der Waals surface area (Å²) in [5, 5.41) is 0. The molecular formula is C8H13ClO2. The van der Waals surface area contributed by atoms with E-state index < -0.39 is 16.4 Å². The zero-order valence-electron chi connectivity index (χ0n) is 7.11. The molecule has 0 saturated carbocycles. The third-order valence-corrected chi connectivity index (χ3v) is 2.55. The van der Waals surface area contributed by atoms with Gasteiger partial charge >= 0.3 is 0 Å². The monoisotopic (exact) mass is 176 g/mol. The van der Waals surface area contributed by atoms with Crippen LogP contribution in [0.5, 0.6) is 0 Å². The van der Waals surface area contributed by atoms with Crippen LogP contribution in [-0.4, -0.2) is 16.4 Å². The number of rotatable bonds is 4. The number of carbonyl (C=O) groups excluding carboxylic acids is 2. The number of Topliss-reactive ketones (excluding diaryl/α,β-unsaturated/α-hetero) is 2. The van der Waals surface area contributed by atoms with Gasteiger partial charge in [0.1, 0.15) is 4.87 Å². The van der Waals surface area contributed by atoms with Crippen molar-refractivity contribution >= 4 is 23.2 Å². The number of ketones is 2. The van der Waals surface area contributed by atoms with Crippen LogP contribution in [0.15, 0.2) is 0 Å². The number of hydrogen-bond donors (Lipinski definition) is 0. The standard InChI is InChI=1S/C8H13ClO2/c1-4-8(9,5-2)7(11)6(3)10/h4-5H2,1-3H3. The maximum Gasteiger partial charge on any atom is 0.218 e. The number of carbonyl (C=O) groups is 2. The van der Waals surface area contributed by atoms with Crippen LogP contribution in [0.3, 0.4) is 0 Å². The Kier molecular flexibility index (Phi) is 3.73. The van der Waals surface area contributed by atoms with Crippen LogP contribution < -0.4 is 0 Å². The predicted molar refractivity (Wildman–Crippen MR) is 44.9 cm³/mol. The van der Waals surface area contributed by atoms with Gasteiger partial charge in [-0.1, -0.05) is 13.8 Å². The first-order chi connectivity index (χ1) is 4.98. The van der Waals surface area contributed by atoms with E-state index in [-0.39, 0.29) is 0 Å². The van der Waals surface area contributed by atoms with E-state index in [0.717, 1.165) is 0 Å². The molecule has 2 nitrogen and oxygen atoms in total. The highest BCUT2D eigenvalue weighted by atomic mass is 35.5. The van der Waals surface area contributed by atoms with E-state index >= 15 is 0 Å². The van der Waals surface area contributed by atoms with Crippen LogP contribution in [0.2, 0.25) is 0 Å². The summed E-state index contributed by atoms with van der Waals surface area (Å²) in [4.78, 5) is 20.9. The van der Waals surface area contributed by atoms with Crippen molar-refractivity contribution in [1.29, 1.82) is 0 Å². The zero-order valence-corrected chi connectivity index (χ0v) is 7.86. The van der Waals surface area contributed by atoms with Gasteiger partial charge in [-0.05, 0) is 12.8 Å². The van der Waals surface area contributed by atoms with Crippen molar-refractivity contribution in [3.63, 3.8) is 0 Å². The summed E-state index contributed by atoms with van der Waals surface area (Å²) in [5.41, 5.74) is 0. The van der Waals surface area contributed by atoms with Gasteiger partial charge in [0.2, 0.25) is 5.78 Å². The summed E-state index contributed by atoms with van der Waals surface area (Å²) >= 11 is 5.88. The number of alkyl halides is 1. The molecule has 0 rings (SSSR count). The van der Waals surface area contributed by atoms with Gasteiger partial charge < -0.3 is 0 Å². The van der Waals surface area contributed by atoms with Crippen molar-refractivity contribution in [2.24, 2.45) is 0 Å². The van der Waals surface area contributed by atoms with Gasteiger partial charge in [-0.3, -0.25) is 9.59 Å². The molecule has 0 aliphatic carbocycles. The topological polar surface area (TPSA) is 34.1 Å². The molecule has 0 bridgehead atoms. The summed E-state index contributed by atoms with van der Waals surface area (Å²) in [5.74, 6) is -0.923. The molecule has 0 aromatic rings. The molecule has 0 aromatic heterocycles. The van der Waals surface area contributed by atoms with Crippen LogP contribution in [0.4, 0.5) is 0 Å². The van der Waals surface area contributed by atoms with E-state index in [9.17, 15) is 9.59 Å². The summed E-state index contributed by atoms with van der Waals surface area (Å²) in [6.07, 6.45) is 1.01. The fraction of sp³-hybridized carbons (Fsp3) is 0.750. The van der Waals surface area contributed by atoms with Gasteiger partial charge in [0.15, 0.2) is 5.78 Å². The molecule has 0 radical (unpaired) electrons. The van der Waals surface area contributed by atoms with E-state index in [4.69, 9.17) is 11.6 Å². The summed E-state index contributed by atoms with van der Waals surface area (Å²) in [6.45, 7) is 4.86. The Labute approximate surface area is 71.9 Å². The van der Waals surface area contributed by atoms with Crippen LogP contribution in [-0.2, 0) is 9.59 Å². The van der Waals surface area contributed by atoms with Crippen LogP contribution in [0.25, 0.3) is 0 Å². The lowest BCUT2D eigenvalue weighted by Gasteiger charge is -2.19. The summed E-state index contributed by atoms with van der Waals surface area (Å²) in [7, 11) is 0. The molecule has 0 saturated heterocycles. The van der Waals surface area contributed by atoms with Gasteiger partial charge in [0.05, 0.1) is 0 Å². The molecule has 0 atom stereocenters. The lowest BCUT2D eigenvalue weighted by Crippen LogP contribution is -2.35. The van der Waals surface area contributed by atoms with Gasteiger partial charge in [-0.25, -0.2) is 0 Å². The average molecular weight is 177 g/mol. The van der Waals surface area contributed by atoms with E-state index in [2.05, 4.69) is 0 Å². The van der Waals surface area contributed by atoms with Gasteiger partial charge in [-0.2, -0.15) is 0 Å². The molecule has 0 aliphatic heterocycles. The van der Waals surface area contributed by atoms with E-state index in [1.165, 1.54) is 6.92 Å². The smallest absolute Gasteiger partial charge is 0.218 e. The van der Waals surface area contributed by atoms with Crippen molar-refractivity contribution in [2.45, 2.75) is 38.5 Å². The fourth-order valence-corrected chi connectivity index (χ4v) is 1.02. The largest absolute Gasteiger partial charge is 0.291 e. The summed E-state index contributed by atoms with van der Waals surface area (Å²) < 4.78 is 0. The normalized spacial score (nSPS) is 11.3. The highest BCUT2D eigenvalue weighted by molar-refractivity contribution is 6.51. The second-order valence-electron chi connectivity index (χ2n) is 2.56. The Balaban J connectivity index is 4.50. The van der Waals surface area contributed by atoms with Crippen molar-refractivity contribution in [1.82, 2.24) is 0 Å². The van der Waals surface area contributed by atoms with Crippen molar-refractivity contribution < 1.29 is 9.59 Å². The van der Waals surface area contributed by atoms with E-state index in [0.29, 0.717) is 12.8 Å². The molecule has 0 aromatic carbocycles. The maximum atomic E-state index is 11.1. The average Bonchev–Trinajstić information content (AvgIpc) is 2.01. The number of hydrogen-bond acceptors (Lipinski definition) is 2. The summed E-state index contributed by atoms with van der Waals surface area (Å²) in [6, 6.07) is 0. The molecule has 11 heavy (non-hydrogen) atoms. The van der Waals surface area contributed by atoms with E-state index in [1.807, 2.05) is 0 Å². The van der Waals surface area contributed by atoms with Gasteiger partial charge in [0, 0.05) is 6.92 Å². The first kappa shape index (κ1) is 10.6. The first-order valence-electron chi connectivity index (χ1n) is 3.72. The Bertz CT molecular complexity index is 171. The second kappa shape index (κ2) is 3.86. The Morgan fingerprint density at radius 3 is 1.73 bits per heavy atom. The molecule has 64 valence electrons.